The Balaban J connectivity index is 1.81. The molecule has 12 nitrogen and oxygen atoms in total. The van der Waals surface area contributed by atoms with E-state index in [4.69, 9.17) is 33.2 Å². The zero-order valence-electron chi connectivity index (χ0n) is 17.2. The molecule has 2 fully saturated rings. The highest BCUT2D eigenvalue weighted by atomic mass is 16.8. The van der Waals surface area contributed by atoms with Crippen molar-refractivity contribution in [2.24, 2.45) is 0 Å². The maximum atomic E-state index is 11.5. The molecule has 0 unspecified atom stereocenters. The number of nitrogens with zero attached hydrogens (tertiary/aromatic N) is 3. The number of ether oxygens (including phenoxy) is 7. The molecule has 0 spiro atoms. The predicted molar refractivity (Wildman–Crippen MR) is 96.0 cm³/mol. The number of hydrogen-bond donors (Lipinski definition) is 0. The van der Waals surface area contributed by atoms with Crippen molar-refractivity contribution in [3.63, 3.8) is 0 Å². The topological polar surface area (TPSA) is 134 Å². The summed E-state index contributed by atoms with van der Waals surface area (Å²) in [6.07, 6.45) is -1.47. The normalized spacial score (nSPS) is 27.6. The van der Waals surface area contributed by atoms with Crippen molar-refractivity contribution >= 4 is 5.69 Å². The van der Waals surface area contributed by atoms with E-state index in [-0.39, 0.29) is 30.5 Å². The van der Waals surface area contributed by atoms with Gasteiger partial charge in [-0.2, -0.15) is 9.97 Å². The lowest BCUT2D eigenvalue weighted by molar-refractivity contribution is -0.387. The van der Waals surface area contributed by atoms with Gasteiger partial charge in [0.1, 0.15) is 24.9 Å². The van der Waals surface area contributed by atoms with E-state index in [2.05, 4.69) is 9.97 Å². The van der Waals surface area contributed by atoms with Crippen LogP contribution in [0.2, 0.25) is 0 Å². The molecule has 0 bridgehead atoms. The number of nitro groups is 1. The Kier molecular flexibility index (Phi) is 5.81. The lowest BCUT2D eigenvalue weighted by Gasteiger charge is -2.23. The van der Waals surface area contributed by atoms with Crippen LogP contribution in [0.25, 0.3) is 0 Å². The van der Waals surface area contributed by atoms with Crippen molar-refractivity contribution in [2.75, 3.05) is 27.4 Å². The Morgan fingerprint density at radius 2 is 1.76 bits per heavy atom. The maximum Gasteiger partial charge on any atom is 0.392 e. The summed E-state index contributed by atoms with van der Waals surface area (Å²) in [5.74, 6) is -2.19. The van der Waals surface area contributed by atoms with Gasteiger partial charge in [0.25, 0.3) is 0 Å². The van der Waals surface area contributed by atoms with Gasteiger partial charge in [0.2, 0.25) is 0 Å². The van der Waals surface area contributed by atoms with Gasteiger partial charge in [0.15, 0.2) is 11.6 Å². The van der Waals surface area contributed by atoms with Crippen LogP contribution >= 0.6 is 0 Å². The van der Waals surface area contributed by atoms with Crippen LogP contribution in [0.1, 0.15) is 27.7 Å². The largest absolute Gasteiger partial charge is 0.476 e. The van der Waals surface area contributed by atoms with E-state index >= 15 is 0 Å². The molecule has 2 aliphatic rings. The molecule has 162 valence electrons. The standard InChI is InChI=1S/C17H25N3O9/c1-16(2)26-8-10(27-16)12-9(28-17(3,4)29-12)7-25-14-11(20(21)22)13(23-5)18-15(19-14)24-6/h9-10,12H,7-8H2,1-6H3/t9-,10+,12-/m0/s1. The maximum absolute atomic E-state index is 11.5. The van der Waals surface area contributed by atoms with Gasteiger partial charge >= 0.3 is 23.5 Å². The molecule has 0 aromatic carbocycles. The molecule has 0 N–H and O–H groups in total. The number of hydrogen-bond acceptors (Lipinski definition) is 11. The summed E-state index contributed by atoms with van der Waals surface area (Å²) in [6.45, 7) is 7.38. The SMILES string of the molecule is COc1nc(OC)c([N+](=O)[O-])c(OC[C@@H]2OC(C)(C)O[C@@H]2[C@H]2COC(C)(C)O2)n1. The van der Waals surface area contributed by atoms with Gasteiger partial charge in [0, 0.05) is 0 Å². The van der Waals surface area contributed by atoms with E-state index in [9.17, 15) is 10.1 Å². The minimum absolute atomic E-state index is 0.0848. The average molecular weight is 415 g/mol. The second-order valence-electron chi connectivity index (χ2n) is 7.45. The fourth-order valence-corrected chi connectivity index (χ4v) is 3.23. The molecule has 3 rings (SSSR count). The third kappa shape index (κ3) is 4.66. The molecule has 2 saturated heterocycles. The fourth-order valence-electron chi connectivity index (χ4n) is 3.23. The van der Waals surface area contributed by atoms with E-state index in [0.29, 0.717) is 6.61 Å². The van der Waals surface area contributed by atoms with Crippen LogP contribution in [0.5, 0.6) is 17.8 Å². The Morgan fingerprint density at radius 3 is 2.31 bits per heavy atom. The summed E-state index contributed by atoms with van der Waals surface area (Å²) in [4.78, 5) is 18.5. The zero-order chi connectivity index (χ0) is 21.4. The first-order chi connectivity index (χ1) is 13.5. The fraction of sp³-hybridized carbons (Fsp3) is 0.765. The molecule has 3 atom stereocenters. The highest BCUT2D eigenvalue weighted by Gasteiger charge is 2.50. The van der Waals surface area contributed by atoms with Crippen molar-refractivity contribution in [3.05, 3.63) is 10.1 Å². The van der Waals surface area contributed by atoms with Gasteiger partial charge in [0.05, 0.1) is 25.7 Å². The second kappa shape index (κ2) is 7.86. The van der Waals surface area contributed by atoms with Crippen LogP contribution < -0.4 is 14.2 Å². The third-order valence-corrected chi connectivity index (χ3v) is 4.36. The number of aromatic nitrogens is 2. The Bertz CT molecular complexity index is 771. The number of methoxy groups -OCH3 is 2. The van der Waals surface area contributed by atoms with Gasteiger partial charge in [-0.1, -0.05) is 0 Å². The first kappa shape index (κ1) is 21.4. The molecule has 0 saturated carbocycles. The van der Waals surface area contributed by atoms with Crippen LogP contribution in [-0.4, -0.2) is 72.2 Å². The van der Waals surface area contributed by atoms with E-state index in [1.165, 1.54) is 14.2 Å². The monoisotopic (exact) mass is 415 g/mol. The second-order valence-corrected chi connectivity index (χ2v) is 7.45. The summed E-state index contributed by atoms with van der Waals surface area (Å²) in [6, 6.07) is -0.128. The van der Waals surface area contributed by atoms with Gasteiger partial charge in [-0.25, -0.2) is 0 Å². The molecule has 1 aromatic rings. The predicted octanol–water partition coefficient (Wildman–Crippen LogP) is 1.45. The number of rotatable bonds is 7. The Morgan fingerprint density at radius 1 is 1.07 bits per heavy atom. The van der Waals surface area contributed by atoms with Crippen LogP contribution in [-0.2, 0) is 18.9 Å². The minimum Gasteiger partial charge on any atom is -0.476 e. The molecule has 12 heteroatoms. The molecule has 29 heavy (non-hydrogen) atoms. The highest BCUT2D eigenvalue weighted by Crippen LogP contribution is 2.38. The summed E-state index contributed by atoms with van der Waals surface area (Å²) in [5.41, 5.74) is -0.510. The molecule has 0 radical (unpaired) electrons. The first-order valence-electron chi connectivity index (χ1n) is 9.00. The molecule has 0 amide bonds. The van der Waals surface area contributed by atoms with Crippen molar-refractivity contribution in [1.82, 2.24) is 9.97 Å². The summed E-state index contributed by atoms with van der Waals surface area (Å²) < 4.78 is 39.0. The van der Waals surface area contributed by atoms with Crippen molar-refractivity contribution < 1.29 is 38.1 Å². The molecule has 2 aliphatic heterocycles. The summed E-state index contributed by atoms with van der Waals surface area (Å²) in [7, 11) is 2.58. The average Bonchev–Trinajstić information content (AvgIpc) is 3.16. The lowest BCUT2D eigenvalue weighted by atomic mass is 10.1. The quantitative estimate of drug-likeness (QED) is 0.473. The third-order valence-electron chi connectivity index (χ3n) is 4.36. The zero-order valence-corrected chi connectivity index (χ0v) is 17.2. The van der Waals surface area contributed by atoms with Crippen LogP contribution in [0, 0.1) is 10.1 Å². The van der Waals surface area contributed by atoms with Gasteiger partial charge in [-0.15, -0.1) is 0 Å². The summed E-state index contributed by atoms with van der Waals surface area (Å²) >= 11 is 0. The van der Waals surface area contributed by atoms with E-state index in [0.717, 1.165) is 0 Å². The van der Waals surface area contributed by atoms with Crippen LogP contribution in [0.3, 0.4) is 0 Å². The Hall–Kier alpha value is -2.28. The van der Waals surface area contributed by atoms with E-state index < -0.39 is 34.4 Å². The van der Waals surface area contributed by atoms with Gasteiger partial charge < -0.3 is 33.2 Å². The lowest BCUT2D eigenvalue weighted by Crippen LogP contribution is -2.41. The van der Waals surface area contributed by atoms with E-state index in [1.54, 1.807) is 13.8 Å². The van der Waals surface area contributed by atoms with Crippen molar-refractivity contribution in [2.45, 2.75) is 57.6 Å². The van der Waals surface area contributed by atoms with E-state index in [1.807, 2.05) is 13.8 Å². The minimum atomic E-state index is -0.887. The molecule has 3 heterocycles. The molecular weight excluding hydrogens is 390 g/mol. The first-order valence-corrected chi connectivity index (χ1v) is 9.00. The Labute approximate surface area is 167 Å². The van der Waals surface area contributed by atoms with Gasteiger partial charge in [-0.3, -0.25) is 10.1 Å². The summed E-state index contributed by atoms with van der Waals surface area (Å²) in [5, 5.41) is 11.5. The van der Waals surface area contributed by atoms with Gasteiger partial charge in [-0.05, 0) is 27.7 Å². The van der Waals surface area contributed by atoms with Crippen molar-refractivity contribution in [1.29, 1.82) is 0 Å². The molecular formula is C17H25N3O9. The smallest absolute Gasteiger partial charge is 0.392 e. The highest BCUT2D eigenvalue weighted by molar-refractivity contribution is 5.50. The van der Waals surface area contributed by atoms with Crippen LogP contribution in [0.4, 0.5) is 5.69 Å². The van der Waals surface area contributed by atoms with Crippen molar-refractivity contribution in [3.8, 4) is 17.8 Å². The van der Waals surface area contributed by atoms with Crippen LogP contribution in [0.15, 0.2) is 0 Å². The molecule has 0 aliphatic carbocycles. The molecule has 1 aromatic heterocycles.